The number of carbonyl (C=O) groups is 3. The third-order valence-electron chi connectivity index (χ3n) is 6.90. The molecular formula is C28H31FN6O6. The van der Waals surface area contributed by atoms with Crippen molar-refractivity contribution in [2.45, 2.75) is 38.3 Å². The number of aliphatic carboxylic acids is 2. The minimum absolute atomic E-state index is 0.0663. The quantitative estimate of drug-likeness (QED) is 0.343. The van der Waals surface area contributed by atoms with E-state index >= 15 is 0 Å². The van der Waals surface area contributed by atoms with E-state index in [2.05, 4.69) is 37.7 Å². The molecule has 1 amide bonds. The van der Waals surface area contributed by atoms with Crippen molar-refractivity contribution in [2.24, 2.45) is 4.99 Å². The fraction of sp³-hybridized carbons (Fsp3) is 0.357. The first-order valence-electron chi connectivity index (χ1n) is 13.2. The highest BCUT2D eigenvalue weighted by atomic mass is 19.1. The third kappa shape index (κ3) is 8.50. The van der Waals surface area contributed by atoms with E-state index < -0.39 is 11.9 Å². The number of dihydropyridines is 1. The molecular weight excluding hydrogens is 535 g/mol. The van der Waals surface area contributed by atoms with E-state index in [1.807, 2.05) is 0 Å². The van der Waals surface area contributed by atoms with Crippen molar-refractivity contribution in [3.63, 3.8) is 0 Å². The van der Waals surface area contributed by atoms with Gasteiger partial charge in [-0.1, -0.05) is 6.08 Å². The van der Waals surface area contributed by atoms with Crippen LogP contribution in [0, 0.1) is 5.82 Å². The summed E-state index contributed by atoms with van der Waals surface area (Å²) in [4.78, 5) is 53.6. The van der Waals surface area contributed by atoms with Crippen LogP contribution >= 0.6 is 0 Å². The van der Waals surface area contributed by atoms with Gasteiger partial charge in [-0.25, -0.2) is 19.0 Å². The number of likely N-dealkylation sites (tertiary alicyclic amines) is 1. The molecule has 3 aliphatic heterocycles. The fourth-order valence-electron chi connectivity index (χ4n) is 4.75. The molecule has 5 rings (SSSR count). The standard InChI is InChI=1S/C24H27FN6O2.C4H4O4/c25-17-3-5-20-21(13-17)31(23(33)15-27-20)12-11-30-9-7-18(8-10-30)26-14-19-4-1-16-2-6-22(32)29-24(16)28-19;5-3(6)1-2-4(7)8/h1,3-5,13,15,18,26H,2,6-12,14H2,(H,28,29,32);1-2H,(H,5,6)(H,7,8). The van der Waals surface area contributed by atoms with Crippen LogP contribution in [0.15, 0.2) is 69.8 Å². The van der Waals surface area contributed by atoms with Gasteiger partial charge in [0.05, 0.1) is 17.2 Å². The number of fused-ring (bicyclic) bond motifs is 2. The molecule has 13 heteroatoms. The normalized spacial score (nSPS) is 17.6. The smallest absolute Gasteiger partial charge is 0.328 e. The van der Waals surface area contributed by atoms with Crippen LogP contribution in [0.25, 0.3) is 11.0 Å². The zero-order valence-electron chi connectivity index (χ0n) is 22.3. The van der Waals surface area contributed by atoms with E-state index in [4.69, 9.17) is 10.2 Å². The second-order valence-electron chi connectivity index (χ2n) is 9.75. The van der Waals surface area contributed by atoms with Gasteiger partial charge in [-0.05, 0) is 62.2 Å². The van der Waals surface area contributed by atoms with Crippen molar-refractivity contribution < 1.29 is 29.0 Å². The van der Waals surface area contributed by atoms with Crippen molar-refractivity contribution in [3.8, 4) is 0 Å². The maximum absolute atomic E-state index is 13.7. The summed E-state index contributed by atoms with van der Waals surface area (Å²) in [6, 6.07) is 4.74. The van der Waals surface area contributed by atoms with Gasteiger partial charge in [-0.15, -0.1) is 0 Å². The number of nitrogens with one attached hydrogen (secondary N) is 2. The number of carboxylic acids is 2. The Kier molecular flexibility index (Phi) is 9.87. The van der Waals surface area contributed by atoms with Crippen LogP contribution in [0.5, 0.6) is 0 Å². The van der Waals surface area contributed by atoms with Crippen LogP contribution in [-0.2, 0) is 20.9 Å². The van der Waals surface area contributed by atoms with Gasteiger partial charge < -0.3 is 30.3 Å². The molecule has 0 aliphatic carbocycles. The first-order valence-corrected chi connectivity index (χ1v) is 13.2. The Balaban J connectivity index is 0.000000426. The summed E-state index contributed by atoms with van der Waals surface area (Å²) in [7, 11) is 0. The van der Waals surface area contributed by atoms with Gasteiger partial charge in [-0.3, -0.25) is 9.59 Å². The summed E-state index contributed by atoms with van der Waals surface area (Å²) >= 11 is 0. The fourth-order valence-corrected chi connectivity index (χ4v) is 4.75. The minimum atomic E-state index is -1.26. The van der Waals surface area contributed by atoms with Crippen molar-refractivity contribution >= 4 is 34.7 Å². The molecule has 0 saturated carbocycles. The Bertz CT molecular complexity index is 1490. The summed E-state index contributed by atoms with van der Waals surface area (Å²) in [6.07, 6.45) is 9.78. The Labute approximate surface area is 234 Å². The number of piperidine rings is 1. The molecule has 12 nitrogen and oxygen atoms in total. The Morgan fingerprint density at radius 2 is 1.80 bits per heavy atom. The van der Waals surface area contributed by atoms with Gasteiger partial charge in [0.15, 0.2) is 0 Å². The molecule has 1 aromatic heterocycles. The molecule has 0 spiro atoms. The van der Waals surface area contributed by atoms with Crippen molar-refractivity contribution in [3.05, 3.63) is 76.1 Å². The minimum Gasteiger partial charge on any atom is -0.478 e. The molecule has 4 N–H and O–H groups in total. The van der Waals surface area contributed by atoms with Gasteiger partial charge in [0, 0.05) is 49.9 Å². The van der Waals surface area contributed by atoms with Crippen molar-refractivity contribution in [1.29, 1.82) is 0 Å². The number of hydrogen-bond acceptors (Lipinski definition) is 8. The van der Waals surface area contributed by atoms with Crippen LogP contribution in [0.1, 0.15) is 25.7 Å². The number of rotatable bonds is 8. The van der Waals surface area contributed by atoms with E-state index in [9.17, 15) is 23.6 Å². The lowest BCUT2D eigenvalue weighted by molar-refractivity contribution is -0.134. The van der Waals surface area contributed by atoms with Crippen molar-refractivity contribution in [2.75, 3.05) is 26.2 Å². The predicted molar refractivity (Wildman–Crippen MR) is 149 cm³/mol. The van der Waals surface area contributed by atoms with Crippen LogP contribution in [0.2, 0.25) is 0 Å². The number of nitrogens with zero attached hydrogens (tertiary/aromatic N) is 4. The zero-order valence-corrected chi connectivity index (χ0v) is 22.3. The summed E-state index contributed by atoms with van der Waals surface area (Å²) in [5, 5.41) is 22.5. The summed E-state index contributed by atoms with van der Waals surface area (Å²) in [5.74, 6) is -2.26. The van der Waals surface area contributed by atoms with E-state index in [1.54, 1.807) is 10.6 Å². The van der Waals surface area contributed by atoms with E-state index in [1.165, 1.54) is 18.3 Å². The lowest BCUT2D eigenvalue weighted by Gasteiger charge is -2.33. The molecule has 2 aromatic rings. The number of amidine groups is 1. The lowest BCUT2D eigenvalue weighted by Crippen LogP contribution is -2.45. The predicted octanol–water partition coefficient (Wildman–Crippen LogP) is 1.43. The number of aromatic nitrogens is 2. The van der Waals surface area contributed by atoms with Crippen LogP contribution in [0.3, 0.4) is 0 Å². The molecule has 216 valence electrons. The van der Waals surface area contributed by atoms with Gasteiger partial charge in [0.2, 0.25) is 5.91 Å². The second kappa shape index (κ2) is 13.7. The average molecular weight is 567 g/mol. The molecule has 4 heterocycles. The highest BCUT2D eigenvalue weighted by molar-refractivity contribution is 6.08. The van der Waals surface area contributed by atoms with Crippen LogP contribution < -0.4 is 16.2 Å². The summed E-state index contributed by atoms with van der Waals surface area (Å²) in [6.45, 7) is 3.80. The van der Waals surface area contributed by atoms with Gasteiger partial charge in [0.25, 0.3) is 5.56 Å². The first-order chi connectivity index (χ1) is 19.7. The molecule has 3 aliphatic rings. The van der Waals surface area contributed by atoms with Gasteiger partial charge in [0.1, 0.15) is 11.7 Å². The Morgan fingerprint density at radius 3 is 2.51 bits per heavy atom. The number of allylic oxidation sites excluding steroid dienone is 2. The largest absolute Gasteiger partial charge is 0.478 e. The molecule has 1 fully saturated rings. The SMILES string of the molecule is O=C(O)C=CC(=O)O.O=C1CCC2=CC=C(CNC3CCN(CCn4c(=O)cnc5ccc(F)cc54)CC3)NC2=N1. The van der Waals surface area contributed by atoms with Gasteiger partial charge in [-0.2, -0.15) is 4.99 Å². The van der Waals surface area contributed by atoms with Crippen LogP contribution in [-0.4, -0.2) is 80.6 Å². The molecule has 41 heavy (non-hydrogen) atoms. The number of carbonyl (C=O) groups excluding carboxylic acids is 1. The number of hydrogen-bond donors (Lipinski definition) is 4. The molecule has 0 atom stereocenters. The zero-order chi connectivity index (χ0) is 29.4. The van der Waals surface area contributed by atoms with Crippen molar-refractivity contribution in [1.82, 2.24) is 25.1 Å². The highest BCUT2D eigenvalue weighted by Gasteiger charge is 2.22. The Morgan fingerprint density at radius 1 is 1.07 bits per heavy atom. The van der Waals surface area contributed by atoms with E-state index in [-0.39, 0.29) is 17.3 Å². The summed E-state index contributed by atoms with van der Waals surface area (Å²) in [5.41, 5.74) is 3.06. The molecule has 1 saturated heterocycles. The Hall–Kier alpha value is -4.49. The van der Waals surface area contributed by atoms with E-state index in [0.29, 0.717) is 54.6 Å². The number of amides is 1. The third-order valence-corrected chi connectivity index (χ3v) is 6.90. The monoisotopic (exact) mass is 566 g/mol. The molecule has 0 radical (unpaired) electrons. The second-order valence-corrected chi connectivity index (χ2v) is 9.75. The highest BCUT2D eigenvalue weighted by Crippen LogP contribution is 2.18. The number of aliphatic imine (C=N–C) groups is 1. The maximum Gasteiger partial charge on any atom is 0.328 e. The molecule has 0 bridgehead atoms. The molecule has 0 unspecified atom stereocenters. The van der Waals surface area contributed by atoms with Gasteiger partial charge >= 0.3 is 11.9 Å². The van der Waals surface area contributed by atoms with E-state index in [0.717, 1.165) is 50.2 Å². The summed E-state index contributed by atoms with van der Waals surface area (Å²) < 4.78 is 15.3. The number of halogens is 1. The van der Waals surface area contributed by atoms with Crippen LogP contribution in [0.4, 0.5) is 4.39 Å². The lowest BCUT2D eigenvalue weighted by atomic mass is 10.0. The average Bonchev–Trinajstić information content (AvgIpc) is 2.95. The molecule has 1 aromatic carbocycles. The number of benzene rings is 1. The maximum atomic E-state index is 13.7. The first kappa shape index (κ1) is 29.5. The topological polar surface area (TPSA) is 166 Å². The number of carboxylic acid groups (broad SMARTS) is 2.